The highest BCUT2D eigenvalue weighted by Crippen LogP contribution is 2.16. The van der Waals surface area contributed by atoms with Crippen molar-refractivity contribution in [2.75, 3.05) is 0 Å². The molecule has 1 amide bonds. The highest BCUT2D eigenvalue weighted by Gasteiger charge is 2.22. The van der Waals surface area contributed by atoms with Gasteiger partial charge in [0.15, 0.2) is 0 Å². The minimum atomic E-state index is -1.34. The number of carboxylic acid groups (broad SMARTS) is 1. The summed E-state index contributed by atoms with van der Waals surface area (Å²) < 4.78 is 13.4. The molecule has 0 atom stereocenters. The van der Waals surface area contributed by atoms with Gasteiger partial charge in [0.25, 0.3) is 0 Å². The van der Waals surface area contributed by atoms with Crippen LogP contribution in [0.2, 0.25) is 0 Å². The molecule has 1 rings (SSSR count). The number of carbonyl (C=O) groups excluding carboxylic acids is 1. The Morgan fingerprint density at radius 2 is 1.94 bits per heavy atom. The molecule has 98 valence electrons. The van der Waals surface area contributed by atoms with E-state index in [9.17, 15) is 14.0 Å². The number of benzene rings is 1. The second kappa shape index (κ2) is 5.16. The Kier molecular flexibility index (Phi) is 4.06. The van der Waals surface area contributed by atoms with E-state index in [0.717, 1.165) is 6.07 Å². The lowest BCUT2D eigenvalue weighted by atomic mass is 9.95. The number of nitrogens with one attached hydrogen (secondary N) is 1. The molecule has 0 unspecified atom stereocenters. The average Bonchev–Trinajstić information content (AvgIpc) is 2.23. The number of amides is 1. The maximum absolute atomic E-state index is 13.4. The van der Waals surface area contributed by atoms with Gasteiger partial charge >= 0.3 is 5.97 Å². The molecule has 0 heterocycles. The normalized spacial score (nSPS) is 11.1. The van der Waals surface area contributed by atoms with E-state index < -0.39 is 22.8 Å². The van der Waals surface area contributed by atoms with Gasteiger partial charge in [0.1, 0.15) is 11.4 Å². The van der Waals surface area contributed by atoms with E-state index in [1.54, 1.807) is 20.8 Å². The van der Waals surface area contributed by atoms with Crippen molar-refractivity contribution in [3.8, 4) is 0 Å². The summed E-state index contributed by atoms with van der Waals surface area (Å²) in [6.45, 7) is 5.22. The fourth-order valence-electron chi connectivity index (χ4n) is 1.40. The van der Waals surface area contributed by atoms with Crippen LogP contribution in [-0.2, 0) is 11.3 Å². The van der Waals surface area contributed by atoms with Crippen LogP contribution in [0.1, 0.15) is 36.7 Å². The van der Waals surface area contributed by atoms with Gasteiger partial charge in [0.05, 0.1) is 0 Å². The Morgan fingerprint density at radius 3 is 2.44 bits per heavy atom. The summed E-state index contributed by atoms with van der Waals surface area (Å²) in [6.07, 6.45) is 0. The number of hydrogen-bond donors (Lipinski definition) is 2. The van der Waals surface area contributed by atoms with Gasteiger partial charge in [-0.15, -0.1) is 0 Å². The highest BCUT2D eigenvalue weighted by atomic mass is 19.1. The van der Waals surface area contributed by atoms with Gasteiger partial charge in [0, 0.05) is 12.0 Å². The molecule has 0 saturated heterocycles. The summed E-state index contributed by atoms with van der Waals surface area (Å²) >= 11 is 0. The van der Waals surface area contributed by atoms with Gasteiger partial charge in [-0.05, 0) is 11.6 Å². The third kappa shape index (κ3) is 3.29. The second-order valence-electron chi connectivity index (χ2n) is 5.01. The van der Waals surface area contributed by atoms with E-state index in [1.807, 2.05) is 0 Å². The van der Waals surface area contributed by atoms with E-state index in [0.29, 0.717) is 0 Å². The molecule has 0 aliphatic heterocycles. The monoisotopic (exact) mass is 253 g/mol. The van der Waals surface area contributed by atoms with Crippen molar-refractivity contribution in [2.45, 2.75) is 27.3 Å². The van der Waals surface area contributed by atoms with Crippen LogP contribution in [0, 0.1) is 11.2 Å². The lowest BCUT2D eigenvalue weighted by Gasteiger charge is -2.18. The predicted molar refractivity (Wildman–Crippen MR) is 64.7 cm³/mol. The number of rotatable bonds is 3. The van der Waals surface area contributed by atoms with Crippen LogP contribution in [0.15, 0.2) is 18.2 Å². The fourth-order valence-corrected chi connectivity index (χ4v) is 1.40. The molecule has 18 heavy (non-hydrogen) atoms. The van der Waals surface area contributed by atoms with Crippen LogP contribution in [0.3, 0.4) is 0 Å². The highest BCUT2D eigenvalue weighted by molar-refractivity contribution is 5.90. The van der Waals surface area contributed by atoms with Crippen molar-refractivity contribution < 1.29 is 19.1 Å². The molecule has 5 heteroatoms. The zero-order valence-electron chi connectivity index (χ0n) is 10.6. The maximum Gasteiger partial charge on any atom is 0.339 e. The van der Waals surface area contributed by atoms with Crippen molar-refractivity contribution in [1.29, 1.82) is 0 Å². The van der Waals surface area contributed by atoms with Gasteiger partial charge < -0.3 is 10.4 Å². The Morgan fingerprint density at radius 1 is 1.33 bits per heavy atom. The molecule has 0 aromatic heterocycles. The quantitative estimate of drug-likeness (QED) is 0.867. The minimum Gasteiger partial charge on any atom is -0.478 e. The second-order valence-corrected chi connectivity index (χ2v) is 5.01. The molecule has 0 fully saturated rings. The Labute approximate surface area is 105 Å². The first-order valence-electron chi connectivity index (χ1n) is 5.52. The van der Waals surface area contributed by atoms with Gasteiger partial charge in [-0.3, -0.25) is 4.79 Å². The maximum atomic E-state index is 13.4. The zero-order chi connectivity index (χ0) is 13.9. The summed E-state index contributed by atoms with van der Waals surface area (Å²) in [4.78, 5) is 22.6. The molecular formula is C13H16FNO3. The fraction of sp³-hybridized carbons (Fsp3) is 0.385. The standard InChI is InChI=1S/C13H16FNO3/c1-13(2,3)12(18)15-7-8-5-4-6-9(14)10(8)11(16)17/h4-6H,7H2,1-3H3,(H,15,18)(H,16,17). The summed E-state index contributed by atoms with van der Waals surface area (Å²) in [6, 6.07) is 3.98. The number of hydrogen-bond acceptors (Lipinski definition) is 2. The molecule has 0 aliphatic rings. The van der Waals surface area contributed by atoms with Gasteiger partial charge in [-0.1, -0.05) is 32.9 Å². The van der Waals surface area contributed by atoms with Crippen molar-refractivity contribution in [3.63, 3.8) is 0 Å². The zero-order valence-corrected chi connectivity index (χ0v) is 10.6. The Balaban J connectivity index is 2.90. The van der Waals surface area contributed by atoms with E-state index in [4.69, 9.17) is 5.11 Å². The number of halogens is 1. The number of aromatic carboxylic acids is 1. The third-order valence-corrected chi connectivity index (χ3v) is 2.43. The molecule has 0 bridgehead atoms. The summed E-state index contributed by atoms with van der Waals surface area (Å²) in [5, 5.41) is 11.5. The number of carbonyl (C=O) groups is 2. The SMILES string of the molecule is CC(C)(C)C(=O)NCc1cccc(F)c1C(=O)O. The van der Waals surface area contributed by atoms with Crippen LogP contribution in [0.5, 0.6) is 0 Å². The Bertz CT molecular complexity index is 478. The summed E-state index contributed by atoms with van der Waals surface area (Å²) in [5.74, 6) is -2.36. The topological polar surface area (TPSA) is 66.4 Å². The first-order chi connectivity index (χ1) is 8.23. The van der Waals surface area contributed by atoms with Crippen LogP contribution < -0.4 is 5.32 Å². The van der Waals surface area contributed by atoms with Gasteiger partial charge in [-0.25, -0.2) is 9.18 Å². The van der Waals surface area contributed by atoms with E-state index in [1.165, 1.54) is 12.1 Å². The van der Waals surface area contributed by atoms with Crippen molar-refractivity contribution in [3.05, 3.63) is 35.1 Å². The van der Waals surface area contributed by atoms with Crippen LogP contribution >= 0.6 is 0 Å². The predicted octanol–water partition coefficient (Wildman–Crippen LogP) is 2.19. The first-order valence-corrected chi connectivity index (χ1v) is 5.52. The van der Waals surface area contributed by atoms with Crippen molar-refractivity contribution >= 4 is 11.9 Å². The average molecular weight is 253 g/mol. The lowest BCUT2D eigenvalue weighted by molar-refractivity contribution is -0.128. The van der Waals surface area contributed by atoms with Gasteiger partial charge in [0.2, 0.25) is 5.91 Å². The van der Waals surface area contributed by atoms with E-state index in [-0.39, 0.29) is 18.0 Å². The molecular weight excluding hydrogens is 237 g/mol. The molecule has 4 nitrogen and oxygen atoms in total. The van der Waals surface area contributed by atoms with Crippen LogP contribution in [0.25, 0.3) is 0 Å². The Hall–Kier alpha value is -1.91. The van der Waals surface area contributed by atoms with Crippen molar-refractivity contribution in [1.82, 2.24) is 5.32 Å². The largest absolute Gasteiger partial charge is 0.478 e. The first kappa shape index (κ1) is 14.2. The molecule has 0 saturated carbocycles. The van der Waals surface area contributed by atoms with Crippen LogP contribution in [0.4, 0.5) is 4.39 Å². The van der Waals surface area contributed by atoms with E-state index >= 15 is 0 Å². The summed E-state index contributed by atoms with van der Waals surface area (Å²) in [7, 11) is 0. The molecule has 0 spiro atoms. The smallest absolute Gasteiger partial charge is 0.339 e. The van der Waals surface area contributed by atoms with Crippen LogP contribution in [-0.4, -0.2) is 17.0 Å². The van der Waals surface area contributed by atoms with Crippen molar-refractivity contribution in [2.24, 2.45) is 5.41 Å². The minimum absolute atomic E-state index is 0.00447. The summed E-state index contributed by atoms with van der Waals surface area (Å²) in [5.41, 5.74) is -0.719. The molecule has 1 aromatic carbocycles. The molecule has 0 radical (unpaired) electrons. The number of carboxylic acids is 1. The lowest BCUT2D eigenvalue weighted by Crippen LogP contribution is -2.34. The molecule has 0 aliphatic carbocycles. The van der Waals surface area contributed by atoms with E-state index in [2.05, 4.69) is 5.32 Å². The molecule has 1 aromatic rings. The third-order valence-electron chi connectivity index (χ3n) is 2.43. The van der Waals surface area contributed by atoms with Gasteiger partial charge in [-0.2, -0.15) is 0 Å². The molecule has 2 N–H and O–H groups in total.